The summed E-state index contributed by atoms with van der Waals surface area (Å²) in [7, 11) is 1.49. The van der Waals surface area contributed by atoms with E-state index in [0.717, 1.165) is 10.3 Å². The first kappa shape index (κ1) is 14.0. The molecule has 1 aromatic heterocycles. The van der Waals surface area contributed by atoms with E-state index in [-0.39, 0.29) is 5.75 Å². The normalized spacial score (nSPS) is 10.3. The van der Waals surface area contributed by atoms with Gasteiger partial charge in [0.2, 0.25) is 0 Å². The van der Waals surface area contributed by atoms with Gasteiger partial charge in [0.15, 0.2) is 11.5 Å². The maximum Gasteiger partial charge on any atom is 0.162 e. The molecular formula is C13H12BrClN2O2. The second-order valence-corrected chi connectivity index (χ2v) is 5.09. The van der Waals surface area contributed by atoms with Crippen molar-refractivity contribution in [2.75, 3.05) is 12.4 Å². The first-order chi connectivity index (χ1) is 9.10. The number of phenols is 1. The SMILES string of the molecule is COc1cc(Cl)cc(CNc2ccc(Br)nc2)c1O. The van der Waals surface area contributed by atoms with E-state index in [9.17, 15) is 5.11 Å². The van der Waals surface area contributed by atoms with Crippen molar-refractivity contribution in [3.05, 3.63) is 45.7 Å². The van der Waals surface area contributed by atoms with Crippen LogP contribution in [0.5, 0.6) is 11.5 Å². The van der Waals surface area contributed by atoms with Crippen LogP contribution in [0.15, 0.2) is 35.1 Å². The van der Waals surface area contributed by atoms with E-state index in [1.165, 1.54) is 7.11 Å². The number of ether oxygens (including phenoxy) is 1. The van der Waals surface area contributed by atoms with Gasteiger partial charge in [-0.15, -0.1) is 0 Å². The summed E-state index contributed by atoms with van der Waals surface area (Å²) >= 11 is 9.23. The number of phenolic OH excluding ortho intramolecular Hbond substituents is 1. The lowest BCUT2D eigenvalue weighted by Gasteiger charge is -2.11. The van der Waals surface area contributed by atoms with Gasteiger partial charge >= 0.3 is 0 Å². The number of anilines is 1. The zero-order chi connectivity index (χ0) is 13.8. The number of benzene rings is 1. The summed E-state index contributed by atoms with van der Waals surface area (Å²) in [5, 5.41) is 13.7. The molecule has 0 amide bonds. The van der Waals surface area contributed by atoms with Crippen molar-refractivity contribution in [2.24, 2.45) is 0 Å². The van der Waals surface area contributed by atoms with Gasteiger partial charge in [0, 0.05) is 23.2 Å². The van der Waals surface area contributed by atoms with E-state index in [2.05, 4.69) is 26.2 Å². The fourth-order valence-corrected chi connectivity index (χ4v) is 2.06. The number of pyridine rings is 1. The van der Waals surface area contributed by atoms with Gasteiger partial charge in [-0.05, 0) is 34.1 Å². The highest BCUT2D eigenvalue weighted by atomic mass is 79.9. The highest BCUT2D eigenvalue weighted by Gasteiger charge is 2.09. The number of nitrogens with one attached hydrogen (secondary N) is 1. The summed E-state index contributed by atoms with van der Waals surface area (Å²) < 4.78 is 5.82. The van der Waals surface area contributed by atoms with Crippen LogP contribution < -0.4 is 10.1 Å². The minimum atomic E-state index is 0.0875. The first-order valence-corrected chi connectivity index (χ1v) is 6.68. The number of methoxy groups -OCH3 is 1. The smallest absolute Gasteiger partial charge is 0.162 e. The maximum absolute atomic E-state index is 9.99. The van der Waals surface area contributed by atoms with Crippen molar-refractivity contribution in [3.63, 3.8) is 0 Å². The fourth-order valence-electron chi connectivity index (χ4n) is 1.60. The van der Waals surface area contributed by atoms with Gasteiger partial charge in [-0.25, -0.2) is 4.98 Å². The molecule has 0 fully saturated rings. The molecule has 19 heavy (non-hydrogen) atoms. The predicted octanol–water partition coefficient (Wildman–Crippen LogP) is 3.82. The van der Waals surface area contributed by atoms with Crippen LogP contribution in [0.25, 0.3) is 0 Å². The minimum Gasteiger partial charge on any atom is -0.504 e. The van der Waals surface area contributed by atoms with E-state index < -0.39 is 0 Å². The quantitative estimate of drug-likeness (QED) is 0.829. The van der Waals surface area contributed by atoms with E-state index in [1.807, 2.05) is 12.1 Å². The molecule has 0 atom stereocenters. The van der Waals surface area contributed by atoms with Crippen LogP contribution in [0, 0.1) is 0 Å². The molecule has 0 saturated heterocycles. The number of hydrogen-bond acceptors (Lipinski definition) is 4. The average Bonchev–Trinajstić information content (AvgIpc) is 2.41. The third-order valence-corrected chi connectivity index (χ3v) is 3.24. The lowest BCUT2D eigenvalue weighted by molar-refractivity contribution is 0.371. The predicted molar refractivity (Wildman–Crippen MR) is 78.9 cm³/mol. The molecule has 0 unspecified atom stereocenters. The topological polar surface area (TPSA) is 54.4 Å². The molecule has 2 aromatic rings. The number of aromatic nitrogens is 1. The summed E-state index contributed by atoms with van der Waals surface area (Å²) in [6, 6.07) is 6.98. The van der Waals surface area contributed by atoms with Gasteiger partial charge < -0.3 is 15.2 Å². The molecular weight excluding hydrogens is 332 g/mol. The molecule has 4 nitrogen and oxygen atoms in total. The molecule has 0 radical (unpaired) electrons. The van der Waals surface area contributed by atoms with Gasteiger partial charge in [0.1, 0.15) is 4.60 Å². The molecule has 0 aliphatic heterocycles. The van der Waals surface area contributed by atoms with Crippen LogP contribution in [0.1, 0.15) is 5.56 Å². The Balaban J connectivity index is 2.15. The Hall–Kier alpha value is -1.46. The molecule has 1 heterocycles. The Morgan fingerprint density at radius 3 is 2.84 bits per heavy atom. The average molecular weight is 344 g/mol. The Bertz CT molecular complexity index is 576. The number of nitrogens with zero attached hydrogens (tertiary/aromatic N) is 1. The van der Waals surface area contributed by atoms with Crippen LogP contribution in [0.2, 0.25) is 5.02 Å². The number of aromatic hydroxyl groups is 1. The van der Waals surface area contributed by atoms with Crippen LogP contribution in [-0.2, 0) is 6.54 Å². The summed E-state index contributed by atoms with van der Waals surface area (Å²) in [6.45, 7) is 0.423. The Morgan fingerprint density at radius 1 is 1.42 bits per heavy atom. The van der Waals surface area contributed by atoms with Gasteiger partial charge in [-0.2, -0.15) is 0 Å². The summed E-state index contributed by atoms with van der Waals surface area (Å²) in [6.07, 6.45) is 1.70. The zero-order valence-corrected chi connectivity index (χ0v) is 12.5. The molecule has 0 bridgehead atoms. The van der Waals surface area contributed by atoms with Gasteiger partial charge in [0.05, 0.1) is 19.0 Å². The van der Waals surface area contributed by atoms with E-state index >= 15 is 0 Å². The first-order valence-electron chi connectivity index (χ1n) is 5.51. The standard InChI is InChI=1S/C13H12BrClN2O2/c1-19-11-5-9(15)4-8(13(11)18)6-16-10-2-3-12(14)17-7-10/h2-5,7,16,18H,6H2,1H3. The monoisotopic (exact) mass is 342 g/mol. The molecule has 0 aliphatic carbocycles. The zero-order valence-electron chi connectivity index (χ0n) is 10.2. The van der Waals surface area contributed by atoms with Crippen LogP contribution in [0.3, 0.4) is 0 Å². The fraction of sp³-hybridized carbons (Fsp3) is 0.154. The van der Waals surface area contributed by atoms with E-state index in [0.29, 0.717) is 22.9 Å². The largest absolute Gasteiger partial charge is 0.504 e. The Kier molecular flexibility index (Phi) is 4.50. The molecule has 6 heteroatoms. The highest BCUT2D eigenvalue weighted by molar-refractivity contribution is 9.10. The van der Waals surface area contributed by atoms with Crippen molar-refractivity contribution in [1.82, 2.24) is 4.98 Å². The second-order valence-electron chi connectivity index (χ2n) is 3.84. The third-order valence-electron chi connectivity index (χ3n) is 2.55. The van der Waals surface area contributed by atoms with Crippen molar-refractivity contribution < 1.29 is 9.84 Å². The second kappa shape index (κ2) is 6.12. The molecule has 0 aliphatic rings. The maximum atomic E-state index is 9.99. The van der Waals surface area contributed by atoms with E-state index in [1.54, 1.807) is 18.3 Å². The van der Waals surface area contributed by atoms with Crippen LogP contribution in [-0.4, -0.2) is 17.2 Å². The van der Waals surface area contributed by atoms with Crippen molar-refractivity contribution in [3.8, 4) is 11.5 Å². The number of hydrogen-bond donors (Lipinski definition) is 2. The van der Waals surface area contributed by atoms with Crippen molar-refractivity contribution >= 4 is 33.2 Å². The summed E-state index contributed by atoms with van der Waals surface area (Å²) in [5.41, 5.74) is 1.51. The summed E-state index contributed by atoms with van der Waals surface area (Å²) in [5.74, 6) is 0.447. The minimum absolute atomic E-state index is 0.0875. The lowest BCUT2D eigenvalue weighted by atomic mass is 10.2. The number of rotatable bonds is 4. The Labute approximate surface area is 124 Å². The number of halogens is 2. The third kappa shape index (κ3) is 3.52. The van der Waals surface area contributed by atoms with Crippen molar-refractivity contribution in [1.29, 1.82) is 0 Å². The molecule has 2 N–H and O–H groups in total. The van der Waals surface area contributed by atoms with Gasteiger partial charge in [0.25, 0.3) is 0 Å². The molecule has 0 spiro atoms. The summed E-state index contributed by atoms with van der Waals surface area (Å²) in [4.78, 5) is 4.11. The lowest BCUT2D eigenvalue weighted by Crippen LogP contribution is -2.01. The van der Waals surface area contributed by atoms with Crippen LogP contribution >= 0.6 is 27.5 Å². The van der Waals surface area contributed by atoms with Crippen LogP contribution in [0.4, 0.5) is 5.69 Å². The van der Waals surface area contributed by atoms with Gasteiger partial charge in [-0.1, -0.05) is 11.6 Å². The van der Waals surface area contributed by atoms with Gasteiger partial charge in [-0.3, -0.25) is 0 Å². The van der Waals surface area contributed by atoms with E-state index in [4.69, 9.17) is 16.3 Å². The molecule has 1 aromatic carbocycles. The molecule has 0 saturated carbocycles. The Morgan fingerprint density at radius 2 is 2.21 bits per heavy atom. The molecule has 2 rings (SSSR count). The highest BCUT2D eigenvalue weighted by Crippen LogP contribution is 2.33. The molecule has 100 valence electrons. The van der Waals surface area contributed by atoms with Crippen molar-refractivity contribution in [2.45, 2.75) is 6.54 Å².